The summed E-state index contributed by atoms with van der Waals surface area (Å²) in [5, 5.41) is 16.1. The topological polar surface area (TPSA) is 98.3 Å². The Labute approximate surface area is 148 Å². The lowest BCUT2D eigenvalue weighted by molar-refractivity contribution is -0.124. The Bertz CT molecular complexity index is 656. The third-order valence-electron chi connectivity index (χ3n) is 5.25. The molecule has 1 saturated carbocycles. The lowest BCUT2D eigenvalue weighted by Gasteiger charge is -2.36. The highest BCUT2D eigenvalue weighted by Crippen LogP contribution is 2.39. The summed E-state index contributed by atoms with van der Waals surface area (Å²) in [6.07, 6.45) is 2.05. The molecule has 3 rings (SSSR count). The zero-order valence-electron chi connectivity index (χ0n) is 15.2. The fraction of sp³-hybridized carbons (Fsp3) is 0.765. The molecule has 2 fully saturated rings. The van der Waals surface area contributed by atoms with Gasteiger partial charge in [-0.25, -0.2) is 0 Å². The minimum absolute atomic E-state index is 0.0648. The van der Waals surface area contributed by atoms with E-state index in [1.165, 1.54) is 0 Å². The number of piperazine rings is 1. The summed E-state index contributed by atoms with van der Waals surface area (Å²) in [4.78, 5) is 21.0. The SMILES string of the molecule is Cc1noc([C@H](C)N2CCN(CC(=O)N[C@](C)(C#N)C3CC3)CC2)n1. The van der Waals surface area contributed by atoms with Crippen molar-refractivity contribution in [2.45, 2.75) is 45.2 Å². The number of aromatic nitrogens is 2. The molecule has 0 aromatic carbocycles. The molecule has 1 N–H and O–H groups in total. The van der Waals surface area contributed by atoms with Crippen molar-refractivity contribution in [3.8, 4) is 6.07 Å². The maximum absolute atomic E-state index is 12.3. The number of carbonyl (C=O) groups is 1. The normalized spacial score (nSPS) is 22.8. The van der Waals surface area contributed by atoms with Gasteiger partial charge in [0.25, 0.3) is 0 Å². The summed E-state index contributed by atoms with van der Waals surface area (Å²) in [6, 6.07) is 2.35. The van der Waals surface area contributed by atoms with E-state index < -0.39 is 5.54 Å². The second-order valence-electron chi connectivity index (χ2n) is 7.30. The predicted molar refractivity (Wildman–Crippen MR) is 90.3 cm³/mol. The van der Waals surface area contributed by atoms with Gasteiger partial charge < -0.3 is 9.84 Å². The van der Waals surface area contributed by atoms with Crippen LogP contribution in [0.15, 0.2) is 4.52 Å². The first kappa shape index (κ1) is 17.8. The number of hydrogen-bond acceptors (Lipinski definition) is 7. The molecule has 8 heteroatoms. The highest BCUT2D eigenvalue weighted by molar-refractivity contribution is 5.79. The number of aryl methyl sites for hydroxylation is 1. The van der Waals surface area contributed by atoms with E-state index in [9.17, 15) is 10.1 Å². The van der Waals surface area contributed by atoms with Crippen molar-refractivity contribution < 1.29 is 9.32 Å². The number of nitriles is 1. The lowest BCUT2D eigenvalue weighted by atomic mass is 9.98. The van der Waals surface area contributed by atoms with Crippen LogP contribution in [0.2, 0.25) is 0 Å². The van der Waals surface area contributed by atoms with Gasteiger partial charge in [0, 0.05) is 26.2 Å². The van der Waals surface area contributed by atoms with E-state index in [1.54, 1.807) is 0 Å². The van der Waals surface area contributed by atoms with E-state index in [-0.39, 0.29) is 11.9 Å². The molecule has 136 valence electrons. The molecular weight excluding hydrogens is 320 g/mol. The molecular formula is C17H26N6O2. The van der Waals surface area contributed by atoms with Crippen LogP contribution in [0.1, 0.15) is 44.4 Å². The maximum atomic E-state index is 12.3. The first-order valence-corrected chi connectivity index (χ1v) is 8.90. The average Bonchev–Trinajstić information content (AvgIpc) is 3.37. The maximum Gasteiger partial charge on any atom is 0.243 e. The van der Waals surface area contributed by atoms with Gasteiger partial charge in [-0.2, -0.15) is 10.2 Å². The molecule has 1 aliphatic carbocycles. The van der Waals surface area contributed by atoms with Crippen molar-refractivity contribution in [1.29, 1.82) is 5.26 Å². The molecule has 1 aromatic heterocycles. The van der Waals surface area contributed by atoms with E-state index in [0.717, 1.165) is 39.0 Å². The fourth-order valence-corrected chi connectivity index (χ4v) is 3.36. The zero-order chi connectivity index (χ0) is 18.0. The Morgan fingerprint density at radius 3 is 2.64 bits per heavy atom. The molecule has 1 aliphatic heterocycles. The van der Waals surface area contributed by atoms with Crippen LogP contribution in [0.4, 0.5) is 0 Å². The van der Waals surface area contributed by atoms with Crippen molar-refractivity contribution in [3.05, 3.63) is 11.7 Å². The highest BCUT2D eigenvalue weighted by atomic mass is 16.5. The molecule has 25 heavy (non-hydrogen) atoms. The largest absolute Gasteiger partial charge is 0.338 e. The smallest absolute Gasteiger partial charge is 0.243 e. The lowest BCUT2D eigenvalue weighted by Crippen LogP contribution is -2.53. The monoisotopic (exact) mass is 346 g/mol. The quantitative estimate of drug-likeness (QED) is 0.816. The van der Waals surface area contributed by atoms with Gasteiger partial charge in [-0.05, 0) is 39.5 Å². The molecule has 0 bridgehead atoms. The number of nitrogens with one attached hydrogen (secondary N) is 1. The Hall–Kier alpha value is -1.98. The van der Waals surface area contributed by atoms with Crippen molar-refractivity contribution >= 4 is 5.91 Å². The number of carbonyl (C=O) groups excluding carboxylic acids is 1. The van der Waals surface area contributed by atoms with Crippen molar-refractivity contribution in [2.75, 3.05) is 32.7 Å². The van der Waals surface area contributed by atoms with Gasteiger partial charge in [0.15, 0.2) is 5.82 Å². The molecule has 2 aliphatic rings. The number of nitrogens with zero attached hydrogens (tertiary/aromatic N) is 5. The van der Waals surface area contributed by atoms with Crippen LogP contribution in [-0.4, -0.2) is 64.1 Å². The number of amides is 1. The van der Waals surface area contributed by atoms with Crippen LogP contribution in [0.5, 0.6) is 0 Å². The van der Waals surface area contributed by atoms with Gasteiger partial charge in [-0.3, -0.25) is 14.6 Å². The van der Waals surface area contributed by atoms with E-state index in [4.69, 9.17) is 4.52 Å². The second-order valence-corrected chi connectivity index (χ2v) is 7.30. The first-order chi connectivity index (χ1) is 11.9. The van der Waals surface area contributed by atoms with Crippen LogP contribution in [0.25, 0.3) is 0 Å². The Morgan fingerprint density at radius 2 is 2.12 bits per heavy atom. The van der Waals surface area contributed by atoms with Crippen LogP contribution in [0.3, 0.4) is 0 Å². The predicted octanol–water partition coefficient (Wildman–Crippen LogP) is 0.865. The Balaban J connectivity index is 1.46. The van der Waals surface area contributed by atoms with E-state index in [0.29, 0.717) is 24.2 Å². The summed E-state index contributed by atoms with van der Waals surface area (Å²) in [5.41, 5.74) is -0.719. The van der Waals surface area contributed by atoms with E-state index in [1.807, 2.05) is 13.8 Å². The van der Waals surface area contributed by atoms with Gasteiger partial charge >= 0.3 is 0 Å². The van der Waals surface area contributed by atoms with E-state index in [2.05, 4.69) is 38.3 Å². The van der Waals surface area contributed by atoms with Crippen LogP contribution in [-0.2, 0) is 4.79 Å². The van der Waals surface area contributed by atoms with Crippen LogP contribution < -0.4 is 5.32 Å². The zero-order valence-corrected chi connectivity index (χ0v) is 15.2. The van der Waals surface area contributed by atoms with Crippen LogP contribution in [0, 0.1) is 24.2 Å². The van der Waals surface area contributed by atoms with Gasteiger partial charge in [0.1, 0.15) is 5.54 Å². The highest BCUT2D eigenvalue weighted by Gasteiger charge is 2.43. The average molecular weight is 346 g/mol. The summed E-state index contributed by atoms with van der Waals surface area (Å²) in [7, 11) is 0. The van der Waals surface area contributed by atoms with E-state index >= 15 is 0 Å². The Kier molecular flexibility index (Phi) is 5.06. The Morgan fingerprint density at radius 1 is 1.44 bits per heavy atom. The van der Waals surface area contributed by atoms with Crippen LogP contribution >= 0.6 is 0 Å². The summed E-state index contributed by atoms with van der Waals surface area (Å²) in [6.45, 7) is 9.33. The molecule has 0 spiro atoms. The van der Waals surface area contributed by atoms with Gasteiger partial charge in [0.05, 0.1) is 18.7 Å². The minimum atomic E-state index is -0.719. The van der Waals surface area contributed by atoms with Gasteiger partial charge in [0.2, 0.25) is 11.8 Å². The first-order valence-electron chi connectivity index (χ1n) is 8.90. The van der Waals surface area contributed by atoms with Crippen molar-refractivity contribution in [1.82, 2.24) is 25.3 Å². The summed E-state index contributed by atoms with van der Waals surface area (Å²) < 4.78 is 5.26. The minimum Gasteiger partial charge on any atom is -0.338 e. The molecule has 1 saturated heterocycles. The second kappa shape index (κ2) is 7.10. The molecule has 1 aromatic rings. The molecule has 0 unspecified atom stereocenters. The standard InChI is InChI=1S/C17H26N6O2/c1-12(16-19-13(2)21-25-16)23-8-6-22(7-9-23)10-15(24)20-17(3,11-18)14-4-5-14/h12,14H,4-10H2,1-3H3,(H,20,24)/t12-,17+/m0/s1. The summed E-state index contributed by atoms with van der Waals surface area (Å²) >= 11 is 0. The van der Waals surface area contributed by atoms with Crippen molar-refractivity contribution in [2.24, 2.45) is 5.92 Å². The van der Waals surface area contributed by atoms with Crippen molar-refractivity contribution in [3.63, 3.8) is 0 Å². The summed E-state index contributed by atoms with van der Waals surface area (Å²) in [5.74, 6) is 1.52. The third kappa shape index (κ3) is 4.17. The number of rotatable bonds is 6. The van der Waals surface area contributed by atoms with Gasteiger partial charge in [-0.1, -0.05) is 5.16 Å². The molecule has 0 radical (unpaired) electrons. The molecule has 8 nitrogen and oxygen atoms in total. The number of hydrogen-bond donors (Lipinski definition) is 1. The van der Waals surface area contributed by atoms with Gasteiger partial charge in [-0.15, -0.1) is 0 Å². The third-order valence-corrected chi connectivity index (χ3v) is 5.25. The molecule has 2 atom stereocenters. The molecule has 1 amide bonds. The fourth-order valence-electron chi connectivity index (χ4n) is 3.36. The molecule has 2 heterocycles.